The molecule has 2 rings (SSSR count). The SMILES string of the molecule is CC(C)(C)C(=O)OC1(c2ccncc2)CCCC1. The minimum atomic E-state index is -0.456. The van der Waals surface area contributed by atoms with Gasteiger partial charge in [0.2, 0.25) is 0 Å². The Labute approximate surface area is 109 Å². The third kappa shape index (κ3) is 2.55. The lowest BCUT2D eigenvalue weighted by Crippen LogP contribution is -2.35. The summed E-state index contributed by atoms with van der Waals surface area (Å²) in [7, 11) is 0. The van der Waals surface area contributed by atoms with Crippen LogP contribution in [0.4, 0.5) is 0 Å². The molecule has 0 atom stereocenters. The van der Waals surface area contributed by atoms with E-state index in [1.54, 1.807) is 12.4 Å². The van der Waals surface area contributed by atoms with E-state index in [1.165, 1.54) is 0 Å². The summed E-state index contributed by atoms with van der Waals surface area (Å²) >= 11 is 0. The topological polar surface area (TPSA) is 39.2 Å². The average molecular weight is 247 g/mol. The maximum Gasteiger partial charge on any atom is 0.312 e. The van der Waals surface area contributed by atoms with Gasteiger partial charge in [-0.05, 0) is 64.2 Å². The molecule has 1 aliphatic rings. The van der Waals surface area contributed by atoms with Gasteiger partial charge in [-0.25, -0.2) is 0 Å². The minimum Gasteiger partial charge on any atom is -0.454 e. The molecule has 0 saturated heterocycles. The van der Waals surface area contributed by atoms with E-state index in [-0.39, 0.29) is 5.97 Å². The number of carbonyl (C=O) groups excluding carboxylic acids is 1. The molecule has 1 saturated carbocycles. The van der Waals surface area contributed by atoms with Gasteiger partial charge in [-0.3, -0.25) is 9.78 Å². The second-order valence-corrected chi connectivity index (χ2v) is 6.08. The number of esters is 1. The molecule has 1 heterocycles. The van der Waals surface area contributed by atoms with Gasteiger partial charge in [-0.2, -0.15) is 0 Å². The van der Waals surface area contributed by atoms with Crippen LogP contribution in [-0.4, -0.2) is 11.0 Å². The molecule has 0 aromatic carbocycles. The molecule has 98 valence electrons. The summed E-state index contributed by atoms with van der Waals surface area (Å²) in [6, 6.07) is 3.92. The van der Waals surface area contributed by atoms with Gasteiger partial charge in [0, 0.05) is 12.4 Å². The van der Waals surface area contributed by atoms with Crippen molar-refractivity contribution in [3.63, 3.8) is 0 Å². The average Bonchev–Trinajstić information content (AvgIpc) is 2.79. The molecule has 1 aliphatic carbocycles. The van der Waals surface area contributed by atoms with Crippen LogP contribution in [0.5, 0.6) is 0 Å². The van der Waals surface area contributed by atoms with Crippen molar-refractivity contribution < 1.29 is 9.53 Å². The Balaban J connectivity index is 2.26. The van der Waals surface area contributed by atoms with Crippen LogP contribution in [0, 0.1) is 5.41 Å². The number of nitrogens with zero attached hydrogens (tertiary/aromatic N) is 1. The highest BCUT2D eigenvalue weighted by Crippen LogP contribution is 2.43. The van der Waals surface area contributed by atoms with Crippen LogP contribution >= 0.6 is 0 Å². The largest absolute Gasteiger partial charge is 0.454 e. The van der Waals surface area contributed by atoms with Crippen LogP contribution < -0.4 is 0 Å². The van der Waals surface area contributed by atoms with Gasteiger partial charge in [0.1, 0.15) is 5.60 Å². The highest BCUT2D eigenvalue weighted by Gasteiger charge is 2.41. The predicted octanol–water partition coefficient (Wildman–Crippen LogP) is 3.44. The highest BCUT2D eigenvalue weighted by atomic mass is 16.6. The van der Waals surface area contributed by atoms with Crippen LogP contribution in [-0.2, 0) is 15.1 Å². The van der Waals surface area contributed by atoms with Crippen LogP contribution in [0.2, 0.25) is 0 Å². The van der Waals surface area contributed by atoms with E-state index in [1.807, 2.05) is 32.9 Å². The van der Waals surface area contributed by atoms with Crippen LogP contribution in [0.15, 0.2) is 24.5 Å². The molecule has 1 fully saturated rings. The van der Waals surface area contributed by atoms with E-state index in [9.17, 15) is 4.79 Å². The first-order chi connectivity index (χ1) is 8.44. The first-order valence-corrected chi connectivity index (χ1v) is 6.58. The molecule has 0 unspecified atom stereocenters. The van der Waals surface area contributed by atoms with E-state index >= 15 is 0 Å². The summed E-state index contributed by atoms with van der Waals surface area (Å²) < 4.78 is 5.88. The molecule has 3 nitrogen and oxygen atoms in total. The fraction of sp³-hybridized carbons (Fsp3) is 0.600. The van der Waals surface area contributed by atoms with Crippen molar-refractivity contribution in [2.75, 3.05) is 0 Å². The fourth-order valence-electron chi connectivity index (χ4n) is 2.38. The Bertz CT molecular complexity index is 414. The Kier molecular flexibility index (Phi) is 3.42. The van der Waals surface area contributed by atoms with Gasteiger partial charge < -0.3 is 4.74 Å². The minimum absolute atomic E-state index is 0.124. The van der Waals surface area contributed by atoms with Crippen molar-refractivity contribution in [3.8, 4) is 0 Å². The lowest BCUT2D eigenvalue weighted by atomic mass is 9.91. The Morgan fingerprint density at radius 1 is 1.22 bits per heavy atom. The lowest BCUT2D eigenvalue weighted by Gasteiger charge is -2.32. The molecule has 0 amide bonds. The van der Waals surface area contributed by atoms with Crippen molar-refractivity contribution in [1.82, 2.24) is 4.98 Å². The van der Waals surface area contributed by atoms with E-state index in [0.717, 1.165) is 31.2 Å². The van der Waals surface area contributed by atoms with Crippen molar-refractivity contribution in [1.29, 1.82) is 0 Å². The third-order valence-electron chi connectivity index (χ3n) is 3.52. The van der Waals surface area contributed by atoms with Crippen LogP contribution in [0.1, 0.15) is 52.0 Å². The number of carbonyl (C=O) groups is 1. The standard InChI is InChI=1S/C15H21NO2/c1-14(2,3)13(17)18-15(8-4-5-9-15)12-6-10-16-11-7-12/h6-7,10-11H,4-5,8-9H2,1-3H3. The number of aromatic nitrogens is 1. The molecule has 1 aromatic heterocycles. The van der Waals surface area contributed by atoms with Gasteiger partial charge in [-0.15, -0.1) is 0 Å². The van der Waals surface area contributed by atoms with Gasteiger partial charge in [-0.1, -0.05) is 0 Å². The third-order valence-corrected chi connectivity index (χ3v) is 3.52. The summed E-state index contributed by atoms with van der Waals surface area (Å²) in [4.78, 5) is 16.2. The number of pyridine rings is 1. The molecular formula is C15H21NO2. The number of hydrogen-bond acceptors (Lipinski definition) is 3. The fourth-order valence-corrected chi connectivity index (χ4v) is 2.38. The first kappa shape index (κ1) is 13.1. The number of hydrogen-bond donors (Lipinski definition) is 0. The monoisotopic (exact) mass is 247 g/mol. The molecule has 3 heteroatoms. The van der Waals surface area contributed by atoms with Crippen LogP contribution in [0.25, 0.3) is 0 Å². The molecule has 18 heavy (non-hydrogen) atoms. The molecule has 1 aromatic rings. The second-order valence-electron chi connectivity index (χ2n) is 6.08. The van der Waals surface area contributed by atoms with Gasteiger partial charge in [0.25, 0.3) is 0 Å². The number of rotatable bonds is 2. The lowest BCUT2D eigenvalue weighted by molar-refractivity contribution is -0.170. The van der Waals surface area contributed by atoms with Crippen molar-refractivity contribution in [2.45, 2.75) is 52.1 Å². The zero-order valence-electron chi connectivity index (χ0n) is 11.4. The van der Waals surface area contributed by atoms with Crippen LogP contribution in [0.3, 0.4) is 0 Å². The molecular weight excluding hydrogens is 226 g/mol. The zero-order chi connectivity index (χ0) is 13.2. The van der Waals surface area contributed by atoms with Crippen molar-refractivity contribution in [2.24, 2.45) is 5.41 Å². The predicted molar refractivity (Wildman–Crippen MR) is 69.9 cm³/mol. The smallest absolute Gasteiger partial charge is 0.312 e. The Morgan fingerprint density at radius 3 is 2.28 bits per heavy atom. The van der Waals surface area contributed by atoms with E-state index in [4.69, 9.17) is 4.74 Å². The van der Waals surface area contributed by atoms with Crippen molar-refractivity contribution in [3.05, 3.63) is 30.1 Å². The maximum absolute atomic E-state index is 12.2. The summed E-state index contributed by atoms with van der Waals surface area (Å²) in [6.07, 6.45) is 7.58. The normalized spacial score (nSPS) is 18.6. The van der Waals surface area contributed by atoms with E-state index in [0.29, 0.717) is 0 Å². The molecule has 0 aliphatic heterocycles. The molecule has 0 N–H and O–H groups in total. The second kappa shape index (κ2) is 4.71. The molecule has 0 bridgehead atoms. The van der Waals surface area contributed by atoms with E-state index < -0.39 is 11.0 Å². The summed E-state index contributed by atoms with van der Waals surface area (Å²) in [5.74, 6) is -0.124. The summed E-state index contributed by atoms with van der Waals surface area (Å²) in [5, 5.41) is 0. The Morgan fingerprint density at radius 2 is 1.78 bits per heavy atom. The van der Waals surface area contributed by atoms with E-state index in [2.05, 4.69) is 4.98 Å². The Hall–Kier alpha value is -1.38. The highest BCUT2D eigenvalue weighted by molar-refractivity contribution is 5.76. The zero-order valence-corrected chi connectivity index (χ0v) is 11.4. The summed E-state index contributed by atoms with van der Waals surface area (Å²) in [6.45, 7) is 5.68. The van der Waals surface area contributed by atoms with Gasteiger partial charge >= 0.3 is 5.97 Å². The quantitative estimate of drug-likeness (QED) is 0.751. The molecule has 0 spiro atoms. The summed E-state index contributed by atoms with van der Waals surface area (Å²) in [5.41, 5.74) is 0.197. The van der Waals surface area contributed by atoms with Gasteiger partial charge in [0.15, 0.2) is 0 Å². The van der Waals surface area contributed by atoms with Crippen molar-refractivity contribution >= 4 is 5.97 Å². The maximum atomic E-state index is 12.2. The number of ether oxygens (including phenoxy) is 1. The van der Waals surface area contributed by atoms with Gasteiger partial charge in [0.05, 0.1) is 5.41 Å². The first-order valence-electron chi connectivity index (χ1n) is 6.58. The molecule has 0 radical (unpaired) electrons.